The first-order valence-corrected chi connectivity index (χ1v) is 9.35. The molecule has 132 valence electrons. The van der Waals surface area contributed by atoms with Gasteiger partial charge in [0, 0.05) is 10.0 Å². The Morgan fingerprint density at radius 1 is 1.20 bits per heavy atom. The fourth-order valence-corrected chi connectivity index (χ4v) is 3.46. The number of phenolic OH excluding ortho intramolecular Hbond substituents is 1. The average molecular weight is 468 g/mol. The number of nitrogens with zero attached hydrogens (tertiary/aromatic N) is 1. The Bertz CT molecular complexity index is 794. The maximum atomic E-state index is 12.0. The molecule has 0 aliphatic rings. The van der Waals surface area contributed by atoms with Crippen LogP contribution in [0.1, 0.15) is 37.5 Å². The molecule has 2 rings (SSSR count). The van der Waals surface area contributed by atoms with Crippen LogP contribution in [0, 0.1) is 0 Å². The smallest absolute Gasteiger partial charge is 0.244 e. The number of carbonyl (C=O) groups is 1. The van der Waals surface area contributed by atoms with E-state index in [1.807, 2.05) is 24.3 Å². The van der Waals surface area contributed by atoms with Crippen LogP contribution in [0.2, 0.25) is 0 Å². The fourth-order valence-electron chi connectivity index (χ4n) is 2.21. The van der Waals surface area contributed by atoms with Crippen LogP contribution < -0.4 is 5.43 Å². The lowest BCUT2D eigenvalue weighted by molar-refractivity contribution is -0.120. The van der Waals surface area contributed by atoms with E-state index in [1.165, 1.54) is 11.8 Å². The standard InChI is InChI=1S/C19H20Br2N2O2/c1-19(2,3)14-6-4-12(5-7-14)8-17(24)23-22-11-13-9-15(20)10-16(21)18(13)25/h4-7,9-11,25H,8H2,1-3H3,(H,23,24)/b22-11-. The van der Waals surface area contributed by atoms with Gasteiger partial charge in [-0.25, -0.2) is 5.43 Å². The second-order valence-electron chi connectivity index (χ2n) is 6.74. The van der Waals surface area contributed by atoms with Crippen LogP contribution in [0.25, 0.3) is 0 Å². The van der Waals surface area contributed by atoms with Crippen LogP contribution in [0.5, 0.6) is 5.75 Å². The third kappa shape index (κ3) is 5.68. The number of aromatic hydroxyl groups is 1. The van der Waals surface area contributed by atoms with Crippen molar-refractivity contribution in [2.24, 2.45) is 5.10 Å². The summed E-state index contributed by atoms with van der Waals surface area (Å²) in [7, 11) is 0. The number of amides is 1. The van der Waals surface area contributed by atoms with Crippen LogP contribution in [-0.2, 0) is 16.6 Å². The first kappa shape index (κ1) is 19.7. The van der Waals surface area contributed by atoms with Gasteiger partial charge < -0.3 is 5.11 Å². The summed E-state index contributed by atoms with van der Waals surface area (Å²) in [6, 6.07) is 11.4. The van der Waals surface area contributed by atoms with Gasteiger partial charge in [-0.1, -0.05) is 61.0 Å². The van der Waals surface area contributed by atoms with Crippen LogP contribution in [-0.4, -0.2) is 17.2 Å². The Hall–Kier alpha value is -1.66. The third-order valence-electron chi connectivity index (χ3n) is 3.64. The van der Waals surface area contributed by atoms with Gasteiger partial charge in [-0.15, -0.1) is 0 Å². The van der Waals surface area contributed by atoms with E-state index >= 15 is 0 Å². The minimum absolute atomic E-state index is 0.0685. The highest BCUT2D eigenvalue weighted by Gasteiger charge is 2.13. The van der Waals surface area contributed by atoms with E-state index in [-0.39, 0.29) is 23.5 Å². The molecular formula is C19H20Br2N2O2. The number of rotatable bonds is 4. The summed E-state index contributed by atoms with van der Waals surface area (Å²) >= 11 is 6.59. The minimum atomic E-state index is -0.215. The summed E-state index contributed by atoms with van der Waals surface area (Å²) in [5.41, 5.74) is 5.22. The Balaban J connectivity index is 1.97. The molecule has 0 aromatic heterocycles. The van der Waals surface area contributed by atoms with Gasteiger partial charge in [0.05, 0.1) is 17.1 Å². The molecule has 0 heterocycles. The molecule has 25 heavy (non-hydrogen) atoms. The van der Waals surface area contributed by atoms with E-state index in [0.717, 1.165) is 10.0 Å². The number of hydrazone groups is 1. The van der Waals surface area contributed by atoms with Crippen molar-refractivity contribution in [2.45, 2.75) is 32.6 Å². The van der Waals surface area contributed by atoms with Crippen LogP contribution in [0.3, 0.4) is 0 Å². The van der Waals surface area contributed by atoms with E-state index in [2.05, 4.69) is 63.2 Å². The first-order valence-electron chi connectivity index (χ1n) is 7.76. The molecule has 2 N–H and O–H groups in total. The summed E-state index contributed by atoms with van der Waals surface area (Å²) < 4.78 is 1.34. The zero-order valence-corrected chi connectivity index (χ0v) is 17.5. The molecule has 1 amide bonds. The van der Waals surface area contributed by atoms with Crippen LogP contribution in [0.15, 0.2) is 50.4 Å². The number of hydrogen-bond donors (Lipinski definition) is 2. The first-order chi connectivity index (χ1) is 11.7. The SMILES string of the molecule is CC(C)(C)c1ccc(CC(=O)N/N=C\c2cc(Br)cc(Br)c2O)cc1. The molecule has 0 saturated heterocycles. The topological polar surface area (TPSA) is 61.7 Å². The summed E-state index contributed by atoms with van der Waals surface area (Å²) in [6.07, 6.45) is 1.65. The molecule has 0 bridgehead atoms. The molecule has 4 nitrogen and oxygen atoms in total. The van der Waals surface area contributed by atoms with Crippen molar-refractivity contribution in [3.63, 3.8) is 0 Å². The Morgan fingerprint density at radius 2 is 1.84 bits per heavy atom. The highest BCUT2D eigenvalue weighted by atomic mass is 79.9. The Labute approximate surface area is 164 Å². The minimum Gasteiger partial charge on any atom is -0.506 e. The van der Waals surface area contributed by atoms with Crippen molar-refractivity contribution in [1.29, 1.82) is 0 Å². The van der Waals surface area contributed by atoms with E-state index in [9.17, 15) is 9.90 Å². The summed E-state index contributed by atoms with van der Waals surface area (Å²) in [6.45, 7) is 6.46. The lowest BCUT2D eigenvalue weighted by Gasteiger charge is -2.19. The summed E-state index contributed by atoms with van der Waals surface area (Å²) in [4.78, 5) is 12.0. The van der Waals surface area contributed by atoms with Crippen molar-refractivity contribution in [1.82, 2.24) is 5.43 Å². The van der Waals surface area contributed by atoms with E-state index in [1.54, 1.807) is 12.1 Å². The largest absolute Gasteiger partial charge is 0.506 e. The molecule has 0 radical (unpaired) electrons. The molecule has 2 aromatic carbocycles. The molecule has 0 saturated carbocycles. The average Bonchev–Trinajstić information content (AvgIpc) is 2.51. The van der Waals surface area contributed by atoms with Crippen molar-refractivity contribution < 1.29 is 9.90 Å². The van der Waals surface area contributed by atoms with Gasteiger partial charge in [-0.05, 0) is 44.6 Å². The highest BCUT2D eigenvalue weighted by Crippen LogP contribution is 2.30. The summed E-state index contributed by atoms with van der Waals surface area (Å²) in [5, 5.41) is 13.9. The van der Waals surface area contributed by atoms with Gasteiger partial charge in [0.15, 0.2) is 0 Å². The highest BCUT2D eigenvalue weighted by molar-refractivity contribution is 9.11. The van der Waals surface area contributed by atoms with Crippen molar-refractivity contribution in [3.05, 3.63) is 62.0 Å². The number of nitrogens with one attached hydrogen (secondary N) is 1. The molecule has 0 spiro atoms. The van der Waals surface area contributed by atoms with E-state index in [4.69, 9.17) is 0 Å². The van der Waals surface area contributed by atoms with Gasteiger partial charge in [-0.3, -0.25) is 4.79 Å². The molecule has 2 aromatic rings. The van der Waals surface area contributed by atoms with Gasteiger partial charge in [0.2, 0.25) is 5.91 Å². The van der Waals surface area contributed by atoms with Crippen LogP contribution >= 0.6 is 31.9 Å². The number of halogens is 2. The third-order valence-corrected chi connectivity index (χ3v) is 4.70. The van der Waals surface area contributed by atoms with Crippen molar-refractivity contribution in [2.75, 3.05) is 0 Å². The molecule has 0 aliphatic heterocycles. The molecular weight excluding hydrogens is 448 g/mol. The Morgan fingerprint density at radius 3 is 2.44 bits per heavy atom. The Kier molecular flexibility index (Phi) is 6.41. The predicted molar refractivity (Wildman–Crippen MR) is 108 cm³/mol. The second-order valence-corrected chi connectivity index (χ2v) is 8.51. The zero-order valence-electron chi connectivity index (χ0n) is 14.3. The van der Waals surface area contributed by atoms with Gasteiger partial charge >= 0.3 is 0 Å². The molecule has 0 atom stereocenters. The normalized spacial score (nSPS) is 11.7. The monoisotopic (exact) mass is 466 g/mol. The van der Waals surface area contributed by atoms with Gasteiger partial charge in [-0.2, -0.15) is 5.10 Å². The van der Waals surface area contributed by atoms with Crippen molar-refractivity contribution >= 4 is 44.0 Å². The number of carbonyl (C=O) groups excluding carboxylic acids is 1. The van der Waals surface area contributed by atoms with E-state index < -0.39 is 0 Å². The van der Waals surface area contributed by atoms with Crippen molar-refractivity contribution in [3.8, 4) is 5.75 Å². The fraction of sp³-hybridized carbons (Fsp3) is 0.263. The molecule has 0 aliphatic carbocycles. The summed E-state index contributed by atoms with van der Waals surface area (Å²) in [5.74, 6) is -0.146. The maximum absolute atomic E-state index is 12.0. The zero-order chi connectivity index (χ0) is 18.6. The van der Waals surface area contributed by atoms with E-state index in [0.29, 0.717) is 10.0 Å². The number of phenols is 1. The quantitative estimate of drug-likeness (QED) is 0.495. The maximum Gasteiger partial charge on any atom is 0.244 e. The van der Waals surface area contributed by atoms with Gasteiger partial charge in [0.1, 0.15) is 5.75 Å². The predicted octanol–water partition coefficient (Wildman–Crippen LogP) is 4.91. The molecule has 0 fully saturated rings. The lowest BCUT2D eigenvalue weighted by atomic mass is 9.86. The number of hydrogen-bond acceptors (Lipinski definition) is 3. The lowest BCUT2D eigenvalue weighted by Crippen LogP contribution is -2.20. The second kappa shape index (κ2) is 8.15. The molecule has 0 unspecified atom stereocenters. The van der Waals surface area contributed by atoms with Gasteiger partial charge in [0.25, 0.3) is 0 Å². The molecule has 6 heteroatoms. The van der Waals surface area contributed by atoms with Crippen LogP contribution in [0.4, 0.5) is 0 Å². The number of benzene rings is 2.